The van der Waals surface area contributed by atoms with Gasteiger partial charge in [0.2, 0.25) is 0 Å². The van der Waals surface area contributed by atoms with Crippen molar-refractivity contribution in [3.8, 4) is 0 Å². The topological polar surface area (TPSA) is 0 Å². The van der Waals surface area contributed by atoms with Crippen molar-refractivity contribution in [3.63, 3.8) is 0 Å². The van der Waals surface area contributed by atoms with Gasteiger partial charge in [-0.05, 0) is 0 Å². The maximum Gasteiger partial charge on any atom is -0.0710 e. The molecule has 3 rings (SSSR count). The van der Waals surface area contributed by atoms with E-state index < -0.39 is 0 Å². The zero-order valence-corrected chi connectivity index (χ0v) is 15.5. The van der Waals surface area contributed by atoms with E-state index in [1.54, 1.807) is 0 Å². The Bertz CT molecular complexity index is 530. The molecule has 0 unspecified atom stereocenters. The molecule has 0 saturated carbocycles. The minimum atomic E-state index is 0.847. The normalized spacial score (nSPS) is 9.48. The predicted octanol–water partition coefficient (Wildman–Crippen LogP) is 5.39. The smallest absolute Gasteiger partial charge is 0.0710 e. The molecule has 0 aliphatic heterocycles. The van der Waals surface area contributed by atoms with Gasteiger partial charge in [0.15, 0.2) is 0 Å². The van der Waals surface area contributed by atoms with Gasteiger partial charge in [0, 0.05) is 0 Å². The third kappa shape index (κ3) is 4.20. The summed E-state index contributed by atoms with van der Waals surface area (Å²) in [5.41, 5.74) is 3.75. The molecular weight excluding hydrogens is 329 g/mol. The maximum absolute atomic E-state index is 4.76. The average Bonchev–Trinajstić information content (AvgIpc) is 2.60. The van der Waals surface area contributed by atoms with Crippen molar-refractivity contribution < 1.29 is 17.3 Å². The van der Waals surface area contributed by atoms with Crippen molar-refractivity contribution in [2.24, 2.45) is 0 Å². The van der Waals surface area contributed by atoms with E-state index in [0.717, 1.165) is 17.3 Å². The molecule has 21 heavy (non-hydrogen) atoms. The van der Waals surface area contributed by atoms with E-state index in [1.165, 1.54) is 22.6 Å². The zero-order chi connectivity index (χ0) is 14.9. The summed E-state index contributed by atoms with van der Waals surface area (Å²) in [6, 6.07) is 31.6. The number of rotatable bonds is 3. The van der Waals surface area contributed by atoms with Gasteiger partial charge in [-0.3, -0.25) is 0 Å². The second-order valence-corrected chi connectivity index (χ2v) is 4.47. The van der Waals surface area contributed by atoms with Gasteiger partial charge in [0.05, 0.1) is 0 Å². The Morgan fingerprint density at radius 1 is 0.476 bits per heavy atom. The number of hydrogen-bond donors (Lipinski definition) is 0. The largest absolute Gasteiger partial charge is 0.0999 e. The van der Waals surface area contributed by atoms with Crippen molar-refractivity contribution in [2.75, 3.05) is 0 Å². The Morgan fingerprint density at radius 2 is 0.714 bits per heavy atom. The molecule has 0 radical (unpaired) electrons. The average molecular weight is 344 g/mol. The molecule has 0 spiro atoms. The first kappa shape index (κ1) is 15.8. The van der Waals surface area contributed by atoms with Gasteiger partial charge in [-0.2, -0.15) is 0 Å². The maximum atomic E-state index is 4.76. The fourth-order valence-corrected chi connectivity index (χ4v) is 2.31. The predicted molar refractivity (Wildman–Crippen MR) is 85.7 cm³/mol. The molecule has 0 amide bonds. The monoisotopic (exact) mass is 342 g/mol. The van der Waals surface area contributed by atoms with Gasteiger partial charge in [0.1, 0.15) is 0 Å². The Balaban J connectivity index is 0.000000774. The van der Waals surface area contributed by atoms with Gasteiger partial charge >= 0.3 is 27.0 Å². The third-order valence-electron chi connectivity index (χ3n) is 3.19. The fraction of sp³-hybridized carbons (Fsp3) is 0. The first-order chi connectivity index (χ1) is 10.4. The van der Waals surface area contributed by atoms with E-state index in [4.69, 9.17) is 9.69 Å². The molecule has 0 heterocycles. The number of halogens is 1. The summed E-state index contributed by atoms with van der Waals surface area (Å²) < 4.78 is 0. The summed E-state index contributed by atoms with van der Waals surface area (Å²) in [6.45, 7) is 0. The van der Waals surface area contributed by atoms with Crippen molar-refractivity contribution in [3.05, 3.63) is 114 Å². The van der Waals surface area contributed by atoms with E-state index in [1.807, 2.05) is 0 Å². The van der Waals surface area contributed by atoms with Gasteiger partial charge in [-0.25, -0.2) is 0 Å². The summed E-state index contributed by atoms with van der Waals surface area (Å²) >= 11 is 0.847. The molecule has 0 fully saturated rings. The molecule has 0 N–H and O–H groups in total. The van der Waals surface area contributed by atoms with Gasteiger partial charge in [0.25, 0.3) is 0 Å². The molecule has 3 aromatic carbocycles. The minimum absolute atomic E-state index is 0.847. The van der Waals surface area contributed by atoms with Crippen LogP contribution in [0.1, 0.15) is 16.7 Å². The van der Waals surface area contributed by atoms with Gasteiger partial charge in [-0.1, -0.05) is 114 Å². The Hall–Kier alpha value is -1.56. The molecule has 0 aliphatic carbocycles. The SMILES string of the molecule is [Cl][Zn+].c1ccc([C-](c2ccccc2)c2ccccc2)cc1. The second-order valence-electron chi connectivity index (χ2n) is 4.47. The van der Waals surface area contributed by atoms with Crippen LogP contribution in [0.2, 0.25) is 0 Å². The van der Waals surface area contributed by atoms with Crippen LogP contribution < -0.4 is 0 Å². The molecule has 0 atom stereocenters. The van der Waals surface area contributed by atoms with Crippen LogP contribution in [0.4, 0.5) is 0 Å². The number of benzene rings is 3. The van der Waals surface area contributed by atoms with Crippen LogP contribution in [0, 0.1) is 5.92 Å². The van der Waals surface area contributed by atoms with Crippen LogP contribution in [0.5, 0.6) is 0 Å². The molecule has 0 bridgehead atoms. The Labute approximate surface area is 140 Å². The van der Waals surface area contributed by atoms with E-state index in [2.05, 4.69) is 91.0 Å². The second kappa shape index (κ2) is 8.67. The fourth-order valence-electron chi connectivity index (χ4n) is 2.31. The van der Waals surface area contributed by atoms with Crippen molar-refractivity contribution in [1.29, 1.82) is 0 Å². The van der Waals surface area contributed by atoms with Crippen LogP contribution in [-0.4, -0.2) is 0 Å². The summed E-state index contributed by atoms with van der Waals surface area (Å²) in [5, 5.41) is 0. The summed E-state index contributed by atoms with van der Waals surface area (Å²) in [7, 11) is 4.76. The Morgan fingerprint density at radius 3 is 0.952 bits per heavy atom. The van der Waals surface area contributed by atoms with Crippen LogP contribution in [0.15, 0.2) is 91.0 Å². The van der Waals surface area contributed by atoms with Gasteiger partial charge in [-0.15, -0.1) is 0 Å². The first-order valence-corrected chi connectivity index (χ1v) is 10.6. The molecule has 2 heteroatoms. The molecule has 0 saturated heterocycles. The Kier molecular flexibility index (Phi) is 6.53. The van der Waals surface area contributed by atoms with E-state index in [9.17, 15) is 0 Å². The standard InChI is InChI=1S/C19H15.ClH.Zn/c1-4-10-16(11-5-1)19(17-12-6-2-7-13-17)18-14-8-3-9-15-18;;/h1-15H;1H;/q-1;;+2/p-1. The number of hydrogen-bond acceptors (Lipinski definition) is 0. The molecule has 100 valence electrons. The van der Waals surface area contributed by atoms with Crippen LogP contribution in [0.3, 0.4) is 0 Å². The van der Waals surface area contributed by atoms with Crippen LogP contribution in [0.25, 0.3) is 0 Å². The van der Waals surface area contributed by atoms with Crippen molar-refractivity contribution in [1.82, 2.24) is 0 Å². The molecule has 0 aliphatic rings. The molecule has 0 nitrogen and oxygen atoms in total. The first-order valence-electron chi connectivity index (χ1n) is 6.75. The van der Waals surface area contributed by atoms with E-state index in [-0.39, 0.29) is 0 Å². The summed E-state index contributed by atoms with van der Waals surface area (Å²) in [6.07, 6.45) is 0. The zero-order valence-electron chi connectivity index (χ0n) is 11.7. The molecule has 0 aromatic heterocycles. The van der Waals surface area contributed by atoms with Gasteiger partial charge < -0.3 is 0 Å². The van der Waals surface area contributed by atoms with Crippen LogP contribution in [-0.2, 0) is 17.3 Å². The van der Waals surface area contributed by atoms with Crippen molar-refractivity contribution >= 4 is 9.69 Å². The van der Waals surface area contributed by atoms with Crippen LogP contribution >= 0.6 is 9.69 Å². The van der Waals surface area contributed by atoms with E-state index in [0.29, 0.717) is 0 Å². The van der Waals surface area contributed by atoms with Crippen molar-refractivity contribution in [2.45, 2.75) is 0 Å². The summed E-state index contributed by atoms with van der Waals surface area (Å²) in [4.78, 5) is 0. The molecule has 3 aromatic rings. The quantitative estimate of drug-likeness (QED) is 0.339. The minimum Gasteiger partial charge on any atom is -0.0999 e. The van der Waals surface area contributed by atoms with E-state index >= 15 is 0 Å². The molecular formula is C19H15ClZn. The third-order valence-corrected chi connectivity index (χ3v) is 3.19. The summed E-state index contributed by atoms with van der Waals surface area (Å²) in [5.74, 6) is 1.28.